The van der Waals surface area contributed by atoms with Crippen LogP contribution in [-0.2, 0) is 0 Å². The molecule has 5 heteroatoms. The summed E-state index contributed by atoms with van der Waals surface area (Å²) in [5.41, 5.74) is 0.736. The molecule has 2 aromatic rings. The zero-order valence-corrected chi connectivity index (χ0v) is 7.92. The van der Waals surface area contributed by atoms with Gasteiger partial charge < -0.3 is 0 Å². The van der Waals surface area contributed by atoms with E-state index in [9.17, 15) is 0 Å². The Morgan fingerprint density at radius 1 is 1.31 bits per heavy atom. The summed E-state index contributed by atoms with van der Waals surface area (Å²) in [4.78, 5) is 3.70. The van der Waals surface area contributed by atoms with Gasteiger partial charge in [-0.05, 0) is 18.2 Å². The maximum Gasteiger partial charge on any atom is 0.221 e. The Morgan fingerprint density at radius 2 is 2.15 bits per heavy atom. The van der Waals surface area contributed by atoms with Crippen molar-refractivity contribution in [1.82, 2.24) is 14.8 Å². The molecule has 0 aliphatic carbocycles. The van der Waals surface area contributed by atoms with E-state index in [-0.39, 0.29) is 0 Å². The van der Waals surface area contributed by atoms with E-state index in [1.807, 2.05) is 0 Å². The lowest BCUT2D eigenvalue weighted by Crippen LogP contribution is -1.94. The zero-order chi connectivity index (χ0) is 9.26. The van der Waals surface area contributed by atoms with Gasteiger partial charge in [0.15, 0.2) is 0 Å². The van der Waals surface area contributed by atoms with E-state index in [0.717, 1.165) is 5.69 Å². The molecular weight excluding hydrogens is 209 g/mol. The second kappa shape index (κ2) is 3.36. The lowest BCUT2D eigenvalue weighted by molar-refractivity contribution is 0.876. The Morgan fingerprint density at radius 3 is 2.77 bits per heavy atom. The molecule has 0 fully saturated rings. The molecule has 3 nitrogen and oxygen atoms in total. The number of benzene rings is 1. The monoisotopic (exact) mass is 212 g/mol. The molecule has 2 rings (SSSR count). The summed E-state index contributed by atoms with van der Waals surface area (Å²) >= 11 is 11.7. The van der Waals surface area contributed by atoms with Gasteiger partial charge in [-0.1, -0.05) is 23.2 Å². The molecule has 13 heavy (non-hydrogen) atoms. The van der Waals surface area contributed by atoms with Crippen LogP contribution in [0.25, 0.3) is 5.69 Å². The summed E-state index contributed by atoms with van der Waals surface area (Å²) in [5, 5.41) is 4.96. The molecule has 0 bridgehead atoms. The van der Waals surface area contributed by atoms with Gasteiger partial charge in [0.25, 0.3) is 0 Å². The van der Waals surface area contributed by atoms with E-state index >= 15 is 0 Å². The largest absolute Gasteiger partial charge is 0.221 e. The number of rotatable bonds is 1. The third-order valence-electron chi connectivity index (χ3n) is 1.53. The van der Waals surface area contributed by atoms with Gasteiger partial charge in [0.1, 0.15) is 6.33 Å². The van der Waals surface area contributed by atoms with Crippen LogP contribution in [0.4, 0.5) is 0 Å². The third kappa shape index (κ3) is 1.66. The molecule has 0 unspecified atom stereocenters. The van der Waals surface area contributed by atoms with Crippen molar-refractivity contribution in [3.63, 3.8) is 0 Å². The quantitative estimate of drug-likeness (QED) is 0.727. The van der Waals surface area contributed by atoms with Gasteiger partial charge >= 0.3 is 0 Å². The molecule has 0 aliphatic rings. The topological polar surface area (TPSA) is 30.7 Å². The van der Waals surface area contributed by atoms with Gasteiger partial charge in [0.05, 0.1) is 10.7 Å². The molecule has 0 amide bonds. The number of hydrogen-bond donors (Lipinski definition) is 0. The molecule has 0 spiro atoms. The maximum atomic E-state index is 5.93. The van der Waals surface area contributed by atoms with Crippen molar-refractivity contribution >= 4 is 23.2 Å². The van der Waals surface area contributed by atoms with Gasteiger partial charge in [-0.2, -0.15) is 0 Å². The number of halogens is 2. The van der Waals surface area contributed by atoms with Gasteiger partial charge in [-0.3, -0.25) is 0 Å². The smallest absolute Gasteiger partial charge is 0.219 e. The van der Waals surface area contributed by atoms with E-state index in [1.54, 1.807) is 18.2 Å². The van der Waals surface area contributed by atoms with E-state index in [0.29, 0.717) is 10.0 Å². The number of hydrogen-bond acceptors (Lipinski definition) is 2. The van der Waals surface area contributed by atoms with Crippen LogP contribution in [0, 0.1) is 6.33 Å². The molecule has 1 aromatic heterocycles. The lowest BCUT2D eigenvalue weighted by Gasteiger charge is -2.02. The fourth-order valence-corrected chi connectivity index (χ4v) is 1.46. The molecular formula is C8H4Cl2N3. The predicted octanol–water partition coefficient (Wildman–Crippen LogP) is 2.37. The standard InChI is InChI=1S/C8H4Cl2N3/c9-6-1-2-8(7(10)3-6)13-5-11-4-12-13/h1-3,5H. The molecule has 65 valence electrons. The molecule has 1 heterocycles. The molecule has 1 aromatic carbocycles. The fraction of sp³-hybridized carbons (Fsp3) is 0. The first-order valence-corrected chi connectivity index (χ1v) is 4.26. The summed E-state index contributed by atoms with van der Waals surface area (Å²) in [6.45, 7) is 0. The summed E-state index contributed by atoms with van der Waals surface area (Å²) in [6, 6.07) is 5.16. The first kappa shape index (κ1) is 8.53. The van der Waals surface area contributed by atoms with Gasteiger partial charge in [-0.25, -0.2) is 9.67 Å². The molecule has 0 aliphatic heterocycles. The normalized spacial score (nSPS) is 10.3. The molecule has 0 atom stereocenters. The van der Waals surface area contributed by atoms with Crippen molar-refractivity contribution in [2.24, 2.45) is 0 Å². The highest BCUT2D eigenvalue weighted by atomic mass is 35.5. The average Bonchev–Trinajstić information content (AvgIpc) is 2.56. The Labute approximate surface area is 84.9 Å². The third-order valence-corrected chi connectivity index (χ3v) is 2.07. The van der Waals surface area contributed by atoms with Gasteiger partial charge in [0.2, 0.25) is 6.33 Å². The minimum absolute atomic E-state index is 0.534. The van der Waals surface area contributed by atoms with Crippen LogP contribution >= 0.6 is 23.2 Å². The van der Waals surface area contributed by atoms with Crippen LogP contribution in [0.2, 0.25) is 10.0 Å². The molecule has 0 N–H and O–H groups in total. The molecule has 0 saturated heterocycles. The maximum absolute atomic E-state index is 5.93. The molecule has 1 radical (unpaired) electrons. The molecule has 0 saturated carbocycles. The highest BCUT2D eigenvalue weighted by Gasteiger charge is 2.03. The Balaban J connectivity index is 2.53. The van der Waals surface area contributed by atoms with Crippen LogP contribution in [0.5, 0.6) is 0 Å². The Hall–Kier alpha value is -1.06. The highest BCUT2D eigenvalue weighted by Crippen LogP contribution is 2.23. The number of nitrogens with zero attached hydrogens (tertiary/aromatic N) is 3. The number of aromatic nitrogens is 3. The van der Waals surface area contributed by atoms with Crippen molar-refractivity contribution < 1.29 is 0 Å². The van der Waals surface area contributed by atoms with Crippen LogP contribution in [-0.4, -0.2) is 14.8 Å². The zero-order valence-electron chi connectivity index (χ0n) is 6.41. The Bertz CT molecular complexity index is 411. The van der Waals surface area contributed by atoms with Gasteiger partial charge in [-0.15, -0.1) is 5.10 Å². The van der Waals surface area contributed by atoms with Crippen molar-refractivity contribution in [1.29, 1.82) is 0 Å². The van der Waals surface area contributed by atoms with Crippen LogP contribution < -0.4 is 0 Å². The van der Waals surface area contributed by atoms with Crippen LogP contribution in [0.3, 0.4) is 0 Å². The van der Waals surface area contributed by atoms with Crippen LogP contribution in [0.1, 0.15) is 0 Å². The van der Waals surface area contributed by atoms with Crippen molar-refractivity contribution in [3.8, 4) is 5.69 Å². The Kier molecular flexibility index (Phi) is 2.20. The predicted molar refractivity (Wildman–Crippen MR) is 50.2 cm³/mol. The summed E-state index contributed by atoms with van der Waals surface area (Å²) < 4.78 is 1.53. The van der Waals surface area contributed by atoms with Crippen molar-refractivity contribution in [2.75, 3.05) is 0 Å². The van der Waals surface area contributed by atoms with Crippen LogP contribution in [0.15, 0.2) is 24.5 Å². The lowest BCUT2D eigenvalue weighted by atomic mass is 10.3. The van der Waals surface area contributed by atoms with E-state index in [4.69, 9.17) is 23.2 Å². The summed E-state index contributed by atoms with van der Waals surface area (Å²) in [5.74, 6) is 0. The summed E-state index contributed by atoms with van der Waals surface area (Å²) in [7, 11) is 0. The average molecular weight is 213 g/mol. The first-order chi connectivity index (χ1) is 6.27. The first-order valence-electron chi connectivity index (χ1n) is 3.50. The van der Waals surface area contributed by atoms with E-state index < -0.39 is 0 Å². The van der Waals surface area contributed by atoms with Crippen molar-refractivity contribution in [2.45, 2.75) is 0 Å². The summed E-state index contributed by atoms with van der Waals surface area (Å²) in [6.07, 6.45) is 3.96. The SMILES string of the molecule is Clc1ccc(-n2cn[c]n2)c(Cl)c1. The van der Waals surface area contributed by atoms with E-state index in [1.165, 1.54) is 11.0 Å². The highest BCUT2D eigenvalue weighted by molar-refractivity contribution is 6.35. The second-order valence-corrected chi connectivity index (χ2v) is 3.23. The fourth-order valence-electron chi connectivity index (χ4n) is 0.963. The second-order valence-electron chi connectivity index (χ2n) is 2.38. The van der Waals surface area contributed by atoms with Gasteiger partial charge in [0, 0.05) is 5.02 Å². The minimum atomic E-state index is 0.534. The van der Waals surface area contributed by atoms with Crippen molar-refractivity contribution in [3.05, 3.63) is 40.9 Å². The minimum Gasteiger partial charge on any atom is -0.219 e. The van der Waals surface area contributed by atoms with E-state index in [2.05, 4.69) is 16.4 Å².